The number of urea groups is 1. The van der Waals surface area contributed by atoms with Gasteiger partial charge in [-0.15, -0.1) is 6.58 Å². The molecule has 4 rings (SSSR count). The number of anilines is 2. The number of morpholine rings is 1. The summed E-state index contributed by atoms with van der Waals surface area (Å²) in [5.41, 5.74) is 3.02. The average Bonchev–Trinajstić information content (AvgIpc) is 3.11. The summed E-state index contributed by atoms with van der Waals surface area (Å²) in [7, 11) is 0. The summed E-state index contributed by atoms with van der Waals surface area (Å²) in [6.45, 7) is 13.2. The zero-order valence-corrected chi connectivity index (χ0v) is 19.0. The fraction of sp³-hybridized carbons (Fsp3) is 0.458. The Morgan fingerprint density at radius 1 is 1.34 bits per heavy atom. The predicted molar refractivity (Wildman–Crippen MR) is 125 cm³/mol. The summed E-state index contributed by atoms with van der Waals surface area (Å²) >= 11 is 0. The molecule has 2 atom stereocenters. The molecule has 170 valence electrons. The van der Waals surface area contributed by atoms with E-state index in [1.807, 2.05) is 37.3 Å². The molecule has 0 spiro atoms. The number of aromatic nitrogens is 2. The lowest BCUT2D eigenvalue weighted by Gasteiger charge is -2.35. The highest BCUT2D eigenvalue weighted by Gasteiger charge is 2.40. The number of hydrogen-bond acceptors (Lipinski definition) is 6. The molecule has 2 aliphatic rings. The molecule has 8 heteroatoms. The molecule has 0 radical (unpaired) electrons. The lowest BCUT2D eigenvalue weighted by Crippen LogP contribution is -2.44. The van der Waals surface area contributed by atoms with E-state index in [0.717, 1.165) is 29.2 Å². The second-order valence-corrected chi connectivity index (χ2v) is 8.39. The first-order valence-electron chi connectivity index (χ1n) is 11.1. The Kier molecular flexibility index (Phi) is 6.43. The van der Waals surface area contributed by atoms with Crippen LogP contribution in [-0.4, -0.2) is 48.3 Å². The van der Waals surface area contributed by atoms with Crippen LogP contribution in [0.25, 0.3) is 11.4 Å². The highest BCUT2D eigenvalue weighted by Crippen LogP contribution is 2.43. The van der Waals surface area contributed by atoms with Gasteiger partial charge in [-0.05, 0) is 51.5 Å². The van der Waals surface area contributed by atoms with Gasteiger partial charge in [0.1, 0.15) is 11.4 Å². The van der Waals surface area contributed by atoms with Gasteiger partial charge in [0.2, 0.25) is 0 Å². The molecule has 0 bridgehead atoms. The molecule has 32 heavy (non-hydrogen) atoms. The number of nitrogens with one attached hydrogen (secondary N) is 2. The van der Waals surface area contributed by atoms with Crippen molar-refractivity contribution in [1.29, 1.82) is 0 Å². The molecule has 8 nitrogen and oxygen atoms in total. The fourth-order valence-electron chi connectivity index (χ4n) is 4.22. The SMILES string of the molecule is C=CCC1(C)OCc2c(N3CCOCC3C)nc(-c3ccc(NC(=O)NCC)cc3)nc21. The molecule has 1 saturated heterocycles. The number of fused-ring (bicyclic) bond motifs is 1. The van der Waals surface area contributed by atoms with Crippen LogP contribution >= 0.6 is 0 Å². The Morgan fingerprint density at radius 3 is 2.81 bits per heavy atom. The topological polar surface area (TPSA) is 88.6 Å². The Bertz CT molecular complexity index is 994. The van der Waals surface area contributed by atoms with E-state index in [2.05, 4.69) is 36.0 Å². The molecule has 2 amide bonds. The molecule has 1 aromatic heterocycles. The van der Waals surface area contributed by atoms with Crippen LogP contribution in [0.5, 0.6) is 0 Å². The monoisotopic (exact) mass is 437 g/mol. The molecule has 2 aromatic rings. The quantitative estimate of drug-likeness (QED) is 0.668. The van der Waals surface area contributed by atoms with Crippen LogP contribution in [0.2, 0.25) is 0 Å². The van der Waals surface area contributed by atoms with E-state index in [4.69, 9.17) is 19.4 Å². The van der Waals surface area contributed by atoms with Gasteiger partial charge in [0.25, 0.3) is 0 Å². The number of benzene rings is 1. The van der Waals surface area contributed by atoms with Crippen molar-refractivity contribution in [3.63, 3.8) is 0 Å². The van der Waals surface area contributed by atoms with Crippen molar-refractivity contribution in [1.82, 2.24) is 15.3 Å². The summed E-state index contributed by atoms with van der Waals surface area (Å²) in [5, 5.41) is 5.54. The number of carbonyl (C=O) groups is 1. The third-order valence-corrected chi connectivity index (χ3v) is 5.93. The molecule has 3 heterocycles. The van der Waals surface area contributed by atoms with E-state index in [1.54, 1.807) is 0 Å². The highest BCUT2D eigenvalue weighted by molar-refractivity contribution is 5.89. The first-order valence-corrected chi connectivity index (χ1v) is 11.1. The second kappa shape index (κ2) is 9.26. The van der Waals surface area contributed by atoms with Gasteiger partial charge in [-0.2, -0.15) is 0 Å². The van der Waals surface area contributed by atoms with E-state index in [-0.39, 0.29) is 12.1 Å². The molecule has 2 unspecified atom stereocenters. The maximum Gasteiger partial charge on any atom is 0.319 e. The Balaban J connectivity index is 1.73. The molecule has 0 saturated carbocycles. The second-order valence-electron chi connectivity index (χ2n) is 8.39. The van der Waals surface area contributed by atoms with Gasteiger partial charge >= 0.3 is 6.03 Å². The fourth-order valence-corrected chi connectivity index (χ4v) is 4.22. The number of nitrogens with zero attached hydrogens (tertiary/aromatic N) is 3. The van der Waals surface area contributed by atoms with Crippen LogP contribution in [0.3, 0.4) is 0 Å². The largest absolute Gasteiger partial charge is 0.377 e. The molecular formula is C24H31N5O3. The first-order chi connectivity index (χ1) is 15.4. The van der Waals surface area contributed by atoms with Gasteiger partial charge in [0, 0.05) is 29.9 Å². The van der Waals surface area contributed by atoms with Crippen LogP contribution in [-0.2, 0) is 21.7 Å². The number of amides is 2. The number of ether oxygens (including phenoxy) is 2. The van der Waals surface area contributed by atoms with Gasteiger partial charge in [0.05, 0.1) is 31.6 Å². The minimum absolute atomic E-state index is 0.213. The van der Waals surface area contributed by atoms with E-state index < -0.39 is 5.60 Å². The Labute approximate surface area is 189 Å². The van der Waals surface area contributed by atoms with Crippen LogP contribution in [0.15, 0.2) is 36.9 Å². The lowest BCUT2D eigenvalue weighted by atomic mass is 9.96. The maximum atomic E-state index is 11.8. The molecule has 2 N–H and O–H groups in total. The standard InChI is InChI=1S/C24H31N5O3/c1-5-11-24(4)20-19(15-32-24)22(29-12-13-31-14-16(29)3)28-21(27-20)17-7-9-18(10-8-17)26-23(30)25-6-2/h5,7-10,16H,1,6,11-15H2,2-4H3,(H2,25,26,30). The van der Waals surface area contributed by atoms with Crippen molar-refractivity contribution in [2.24, 2.45) is 0 Å². The summed E-state index contributed by atoms with van der Waals surface area (Å²) in [6, 6.07) is 7.56. The summed E-state index contributed by atoms with van der Waals surface area (Å²) < 4.78 is 11.8. The van der Waals surface area contributed by atoms with Gasteiger partial charge in [-0.25, -0.2) is 14.8 Å². The average molecular weight is 438 g/mol. The Morgan fingerprint density at radius 2 is 2.12 bits per heavy atom. The van der Waals surface area contributed by atoms with Crippen molar-refractivity contribution in [2.75, 3.05) is 36.5 Å². The molecular weight excluding hydrogens is 406 g/mol. The summed E-state index contributed by atoms with van der Waals surface area (Å²) in [5.74, 6) is 1.56. The third-order valence-electron chi connectivity index (χ3n) is 5.93. The summed E-state index contributed by atoms with van der Waals surface area (Å²) in [4.78, 5) is 24.0. The lowest BCUT2D eigenvalue weighted by molar-refractivity contribution is -0.0228. The summed E-state index contributed by atoms with van der Waals surface area (Å²) in [6.07, 6.45) is 2.54. The molecule has 1 aromatic carbocycles. The smallest absolute Gasteiger partial charge is 0.319 e. The van der Waals surface area contributed by atoms with Gasteiger partial charge in [-0.3, -0.25) is 0 Å². The molecule has 2 aliphatic heterocycles. The van der Waals surface area contributed by atoms with Gasteiger partial charge in [-0.1, -0.05) is 6.08 Å². The van der Waals surface area contributed by atoms with E-state index in [1.165, 1.54) is 0 Å². The van der Waals surface area contributed by atoms with Crippen molar-refractivity contribution in [2.45, 2.75) is 45.4 Å². The normalized spacial score (nSPS) is 22.3. The third kappa shape index (κ3) is 4.33. The minimum Gasteiger partial charge on any atom is -0.377 e. The van der Waals surface area contributed by atoms with Crippen molar-refractivity contribution >= 4 is 17.5 Å². The predicted octanol–water partition coefficient (Wildman–Crippen LogP) is 3.83. The van der Waals surface area contributed by atoms with Crippen LogP contribution in [0.1, 0.15) is 38.4 Å². The van der Waals surface area contributed by atoms with Crippen molar-refractivity contribution < 1.29 is 14.3 Å². The van der Waals surface area contributed by atoms with E-state index >= 15 is 0 Å². The van der Waals surface area contributed by atoms with Crippen LogP contribution in [0, 0.1) is 0 Å². The number of rotatable bonds is 6. The zero-order chi connectivity index (χ0) is 22.7. The van der Waals surface area contributed by atoms with Gasteiger partial charge < -0.3 is 25.0 Å². The Hall–Kier alpha value is -2.97. The van der Waals surface area contributed by atoms with Gasteiger partial charge in [0.15, 0.2) is 5.82 Å². The number of carbonyl (C=O) groups excluding carboxylic acids is 1. The molecule has 0 aliphatic carbocycles. The molecule has 1 fully saturated rings. The van der Waals surface area contributed by atoms with E-state index in [9.17, 15) is 4.79 Å². The minimum atomic E-state index is -0.529. The highest BCUT2D eigenvalue weighted by atomic mass is 16.5. The number of hydrogen-bond donors (Lipinski definition) is 2. The van der Waals surface area contributed by atoms with Crippen LogP contribution < -0.4 is 15.5 Å². The van der Waals surface area contributed by atoms with Crippen molar-refractivity contribution in [3.05, 3.63) is 48.2 Å². The van der Waals surface area contributed by atoms with Crippen LogP contribution in [0.4, 0.5) is 16.3 Å². The maximum absolute atomic E-state index is 11.8. The first kappa shape index (κ1) is 22.2. The zero-order valence-electron chi connectivity index (χ0n) is 19.0. The van der Waals surface area contributed by atoms with E-state index in [0.29, 0.717) is 44.3 Å². The van der Waals surface area contributed by atoms with Crippen molar-refractivity contribution in [3.8, 4) is 11.4 Å².